The highest BCUT2D eigenvalue weighted by Gasteiger charge is 2.20. The van der Waals surface area contributed by atoms with Crippen LogP contribution in [0.1, 0.15) is 34.5 Å². The molecule has 0 aliphatic carbocycles. The number of hydrogen-bond donors (Lipinski definition) is 1. The summed E-state index contributed by atoms with van der Waals surface area (Å²) in [6.07, 6.45) is 0. The Morgan fingerprint density at radius 2 is 1.74 bits per heavy atom. The van der Waals surface area contributed by atoms with Gasteiger partial charge in [-0.3, -0.25) is 9.59 Å². The molecular weight excluding hydrogens is 294 g/mol. The molecule has 0 radical (unpaired) electrons. The van der Waals surface area contributed by atoms with Gasteiger partial charge >= 0.3 is 0 Å². The largest absolute Gasteiger partial charge is 0.454 e. The molecule has 3 rings (SSSR count). The van der Waals surface area contributed by atoms with Crippen LogP contribution in [0.5, 0.6) is 11.5 Å². The van der Waals surface area contributed by atoms with Crippen LogP contribution in [0, 0.1) is 6.92 Å². The Morgan fingerprint density at radius 1 is 1.04 bits per heavy atom. The van der Waals surface area contributed by atoms with Gasteiger partial charge in [0.25, 0.3) is 5.91 Å². The minimum atomic E-state index is -0.626. The molecule has 23 heavy (non-hydrogen) atoms. The zero-order chi connectivity index (χ0) is 16.4. The van der Waals surface area contributed by atoms with Crippen molar-refractivity contribution in [3.8, 4) is 11.5 Å². The first-order valence-corrected chi connectivity index (χ1v) is 7.36. The maximum atomic E-state index is 12.2. The van der Waals surface area contributed by atoms with Crippen molar-refractivity contribution in [2.24, 2.45) is 0 Å². The fourth-order valence-corrected chi connectivity index (χ4v) is 2.36. The molecule has 0 aromatic heterocycles. The number of carbonyl (C=O) groups excluding carboxylic acids is 2. The highest BCUT2D eigenvalue weighted by atomic mass is 16.7. The van der Waals surface area contributed by atoms with Crippen LogP contribution in [-0.2, 0) is 4.79 Å². The number of amides is 1. The van der Waals surface area contributed by atoms with Crippen molar-refractivity contribution in [2.45, 2.75) is 19.9 Å². The minimum Gasteiger partial charge on any atom is -0.454 e. The first-order valence-electron chi connectivity index (χ1n) is 7.36. The predicted molar refractivity (Wildman–Crippen MR) is 84.6 cm³/mol. The van der Waals surface area contributed by atoms with E-state index in [9.17, 15) is 9.59 Å². The molecule has 0 saturated heterocycles. The predicted octanol–water partition coefficient (Wildman–Crippen LogP) is 2.78. The molecule has 1 N–H and O–H groups in total. The van der Waals surface area contributed by atoms with Gasteiger partial charge in [-0.15, -0.1) is 0 Å². The van der Waals surface area contributed by atoms with Gasteiger partial charge in [0, 0.05) is 5.56 Å². The van der Waals surface area contributed by atoms with Crippen molar-refractivity contribution in [1.29, 1.82) is 0 Å². The summed E-state index contributed by atoms with van der Waals surface area (Å²) in [4.78, 5) is 24.3. The fourth-order valence-electron chi connectivity index (χ4n) is 2.36. The van der Waals surface area contributed by atoms with Gasteiger partial charge in [0.1, 0.15) is 0 Å². The summed E-state index contributed by atoms with van der Waals surface area (Å²) < 4.78 is 10.6. The quantitative estimate of drug-likeness (QED) is 0.696. The number of ketones is 1. The van der Waals surface area contributed by atoms with Gasteiger partial charge in [-0.2, -0.15) is 0 Å². The summed E-state index contributed by atoms with van der Waals surface area (Å²) in [7, 11) is 0. The summed E-state index contributed by atoms with van der Waals surface area (Å²) in [6, 6.07) is 12.1. The Labute approximate surface area is 134 Å². The minimum absolute atomic E-state index is 0.200. The Hall–Kier alpha value is -2.82. The Balaban J connectivity index is 1.69. The second-order valence-corrected chi connectivity index (χ2v) is 5.50. The van der Waals surface area contributed by atoms with Crippen LogP contribution in [0.4, 0.5) is 0 Å². The number of ether oxygens (including phenoxy) is 2. The lowest BCUT2D eigenvalue weighted by Gasteiger charge is -2.14. The molecule has 2 aromatic rings. The highest BCUT2D eigenvalue weighted by Crippen LogP contribution is 2.34. The number of rotatable bonds is 4. The molecule has 1 atom stereocenters. The van der Waals surface area contributed by atoms with Crippen LogP contribution in [-0.4, -0.2) is 18.5 Å². The third-order valence-electron chi connectivity index (χ3n) is 3.76. The maximum Gasteiger partial charge on any atom is 0.292 e. The first kappa shape index (κ1) is 15.1. The van der Waals surface area contributed by atoms with E-state index in [1.165, 1.54) is 0 Å². The Kier molecular flexibility index (Phi) is 4.02. The number of fused-ring (bicyclic) bond motifs is 1. The van der Waals surface area contributed by atoms with Gasteiger partial charge in [0.05, 0.1) is 6.04 Å². The van der Waals surface area contributed by atoms with E-state index in [0.29, 0.717) is 17.1 Å². The number of carbonyl (C=O) groups is 2. The van der Waals surface area contributed by atoms with E-state index < -0.39 is 11.7 Å². The monoisotopic (exact) mass is 311 g/mol. The molecule has 0 bridgehead atoms. The maximum absolute atomic E-state index is 12.2. The average molecular weight is 311 g/mol. The van der Waals surface area contributed by atoms with Crippen molar-refractivity contribution < 1.29 is 19.1 Å². The molecule has 1 aliphatic rings. The second kappa shape index (κ2) is 6.12. The van der Waals surface area contributed by atoms with Gasteiger partial charge in [-0.1, -0.05) is 35.9 Å². The topological polar surface area (TPSA) is 64.6 Å². The van der Waals surface area contributed by atoms with Gasteiger partial charge in [-0.05, 0) is 31.5 Å². The lowest BCUT2D eigenvalue weighted by molar-refractivity contribution is -0.117. The molecule has 0 saturated carbocycles. The number of aryl methyl sites for hydroxylation is 1. The molecule has 1 amide bonds. The van der Waals surface area contributed by atoms with Crippen LogP contribution < -0.4 is 14.8 Å². The summed E-state index contributed by atoms with van der Waals surface area (Å²) in [5.41, 5.74) is 2.26. The number of Topliss-reactive ketones (excluding diaryl/α,β-unsaturated/α-hetero) is 1. The van der Waals surface area contributed by atoms with Crippen LogP contribution in [0.3, 0.4) is 0 Å². The van der Waals surface area contributed by atoms with Gasteiger partial charge in [0.2, 0.25) is 12.6 Å². The van der Waals surface area contributed by atoms with Crippen LogP contribution in [0.15, 0.2) is 42.5 Å². The van der Waals surface area contributed by atoms with E-state index in [0.717, 1.165) is 11.1 Å². The molecule has 118 valence electrons. The average Bonchev–Trinajstić information content (AvgIpc) is 3.02. The smallest absolute Gasteiger partial charge is 0.292 e. The zero-order valence-electron chi connectivity index (χ0n) is 13.0. The molecule has 1 aliphatic heterocycles. The number of nitrogens with one attached hydrogen (secondary N) is 1. The number of benzene rings is 2. The van der Waals surface area contributed by atoms with E-state index in [4.69, 9.17) is 9.47 Å². The zero-order valence-corrected chi connectivity index (χ0v) is 13.0. The van der Waals surface area contributed by atoms with E-state index in [2.05, 4.69) is 5.32 Å². The van der Waals surface area contributed by atoms with Crippen molar-refractivity contribution in [2.75, 3.05) is 6.79 Å². The Bertz CT molecular complexity index is 752. The van der Waals surface area contributed by atoms with Gasteiger partial charge < -0.3 is 14.8 Å². The standard InChI is InChI=1S/C18H17NO4/c1-11-3-5-13(6-4-11)17(20)18(21)19-12(2)14-7-8-15-16(9-14)23-10-22-15/h3-9,12H,10H2,1-2H3,(H,19,21). The van der Waals surface area contributed by atoms with E-state index in [1.54, 1.807) is 18.2 Å². The molecule has 5 heteroatoms. The van der Waals surface area contributed by atoms with Crippen molar-refractivity contribution >= 4 is 11.7 Å². The summed E-state index contributed by atoms with van der Waals surface area (Å²) in [5.74, 6) is 0.160. The lowest BCUT2D eigenvalue weighted by Crippen LogP contribution is -2.33. The van der Waals surface area contributed by atoms with Crippen LogP contribution >= 0.6 is 0 Å². The van der Waals surface area contributed by atoms with Crippen molar-refractivity contribution in [1.82, 2.24) is 5.32 Å². The molecule has 0 fully saturated rings. The van der Waals surface area contributed by atoms with Gasteiger partial charge in [-0.25, -0.2) is 0 Å². The molecule has 5 nitrogen and oxygen atoms in total. The first-order chi connectivity index (χ1) is 11.0. The molecule has 1 heterocycles. The third-order valence-corrected chi connectivity index (χ3v) is 3.76. The fraction of sp³-hybridized carbons (Fsp3) is 0.222. The summed E-state index contributed by atoms with van der Waals surface area (Å²) >= 11 is 0. The molecule has 1 unspecified atom stereocenters. The highest BCUT2D eigenvalue weighted by molar-refractivity contribution is 6.42. The Morgan fingerprint density at radius 3 is 2.48 bits per heavy atom. The normalized spacial score (nSPS) is 13.5. The van der Waals surface area contributed by atoms with E-state index in [1.807, 2.05) is 38.1 Å². The van der Waals surface area contributed by atoms with E-state index in [-0.39, 0.29) is 12.8 Å². The van der Waals surface area contributed by atoms with Crippen molar-refractivity contribution in [3.05, 3.63) is 59.2 Å². The van der Waals surface area contributed by atoms with Crippen LogP contribution in [0.25, 0.3) is 0 Å². The van der Waals surface area contributed by atoms with Crippen molar-refractivity contribution in [3.63, 3.8) is 0 Å². The van der Waals surface area contributed by atoms with Crippen LogP contribution in [0.2, 0.25) is 0 Å². The van der Waals surface area contributed by atoms with E-state index >= 15 is 0 Å². The molecule has 0 spiro atoms. The molecular formula is C18H17NO4. The summed E-state index contributed by atoms with van der Waals surface area (Å²) in [6.45, 7) is 3.94. The SMILES string of the molecule is Cc1ccc(C(=O)C(=O)NC(C)c2ccc3c(c2)OCO3)cc1. The lowest BCUT2D eigenvalue weighted by atomic mass is 10.1. The summed E-state index contributed by atoms with van der Waals surface area (Å²) in [5, 5.41) is 2.72. The van der Waals surface area contributed by atoms with Gasteiger partial charge in [0.15, 0.2) is 11.5 Å². The second-order valence-electron chi connectivity index (χ2n) is 5.50. The molecule has 2 aromatic carbocycles. The number of hydrogen-bond acceptors (Lipinski definition) is 4. The third kappa shape index (κ3) is 3.18.